The van der Waals surface area contributed by atoms with Gasteiger partial charge < -0.3 is 21.7 Å². The molecular formula is C29H32F5N9O2. The number of halogens is 5. The summed E-state index contributed by atoms with van der Waals surface area (Å²) in [6.07, 6.45) is -0.120. The molecule has 45 heavy (non-hydrogen) atoms. The van der Waals surface area contributed by atoms with Gasteiger partial charge in [0.25, 0.3) is 12.3 Å². The molecule has 0 radical (unpaired) electrons. The SMILES string of the molecule is CCc1cc(Nc2nccn3c(-c4cn(CC(F)F)nc4C(F)(F)F)cnc23)ccc1C(=O)NCCNC(=O)[C@H]1CC[C@H](N)C1. The zero-order valence-electron chi connectivity index (χ0n) is 24.2. The standard InChI is InChI=1S/C29H32F5N9O2/c1-2-16-12-19(5-6-20(16)28(45)38-8-7-37-27(44)17-3-4-18(35)11-17)40-25-26-39-13-22(43(26)10-9-36-25)21-14-42(15-23(30)31)41-24(21)29(32,33)34/h5-6,9-10,12-14,17-18,23H,2-4,7-8,11,15,35H2,1H3,(H,36,40)(H,37,44)(H,38,45)/t17-,18-/m0/s1. The lowest BCUT2D eigenvalue weighted by Gasteiger charge is -2.14. The van der Waals surface area contributed by atoms with Gasteiger partial charge in [-0.3, -0.25) is 18.7 Å². The number of benzene rings is 1. The van der Waals surface area contributed by atoms with Gasteiger partial charge in [-0.2, -0.15) is 18.3 Å². The molecule has 0 bridgehead atoms. The minimum Gasteiger partial charge on any atom is -0.354 e. The lowest BCUT2D eigenvalue weighted by molar-refractivity contribution is -0.141. The number of hydrogen-bond acceptors (Lipinski definition) is 7. The van der Waals surface area contributed by atoms with Gasteiger partial charge in [0.1, 0.15) is 6.54 Å². The van der Waals surface area contributed by atoms with Gasteiger partial charge in [-0.05, 0) is 49.4 Å². The molecule has 2 atom stereocenters. The summed E-state index contributed by atoms with van der Waals surface area (Å²) in [7, 11) is 0. The number of anilines is 2. The molecular weight excluding hydrogens is 601 g/mol. The van der Waals surface area contributed by atoms with Crippen LogP contribution in [-0.4, -0.2) is 61.5 Å². The molecule has 3 aromatic heterocycles. The summed E-state index contributed by atoms with van der Waals surface area (Å²) in [5, 5.41) is 12.1. The molecule has 5 rings (SSSR count). The van der Waals surface area contributed by atoms with Crippen molar-refractivity contribution in [3.63, 3.8) is 0 Å². The molecule has 1 aromatic carbocycles. The Hall–Kier alpha value is -4.60. The zero-order valence-corrected chi connectivity index (χ0v) is 24.2. The molecule has 16 heteroatoms. The summed E-state index contributed by atoms with van der Waals surface area (Å²) in [6.45, 7) is 1.43. The highest BCUT2D eigenvalue weighted by Crippen LogP contribution is 2.37. The molecule has 3 heterocycles. The second-order valence-corrected chi connectivity index (χ2v) is 10.8. The number of aromatic nitrogens is 5. The molecule has 2 amide bonds. The van der Waals surface area contributed by atoms with Crippen molar-refractivity contribution in [3.05, 3.63) is 59.8 Å². The number of rotatable bonds is 11. The summed E-state index contributed by atoms with van der Waals surface area (Å²) >= 11 is 0. The van der Waals surface area contributed by atoms with E-state index in [0.29, 0.717) is 28.8 Å². The van der Waals surface area contributed by atoms with Gasteiger partial charge in [-0.15, -0.1) is 0 Å². The highest BCUT2D eigenvalue weighted by molar-refractivity contribution is 5.96. The monoisotopic (exact) mass is 633 g/mol. The number of alkyl halides is 5. The Morgan fingerprint density at radius 2 is 1.91 bits per heavy atom. The maximum atomic E-state index is 13.7. The highest BCUT2D eigenvalue weighted by Gasteiger charge is 2.38. The third kappa shape index (κ3) is 7.21. The molecule has 4 aromatic rings. The molecule has 0 unspecified atom stereocenters. The Kier molecular flexibility index (Phi) is 9.32. The van der Waals surface area contributed by atoms with Crippen LogP contribution in [0.5, 0.6) is 0 Å². The van der Waals surface area contributed by atoms with E-state index < -0.39 is 30.4 Å². The molecule has 11 nitrogen and oxygen atoms in total. The van der Waals surface area contributed by atoms with E-state index in [4.69, 9.17) is 5.73 Å². The van der Waals surface area contributed by atoms with Gasteiger partial charge in [-0.1, -0.05) is 6.92 Å². The largest absolute Gasteiger partial charge is 0.435 e. The van der Waals surface area contributed by atoms with Crippen molar-refractivity contribution in [1.29, 1.82) is 0 Å². The second-order valence-electron chi connectivity index (χ2n) is 10.8. The van der Waals surface area contributed by atoms with Crippen LogP contribution in [0, 0.1) is 5.92 Å². The van der Waals surface area contributed by atoms with E-state index in [0.717, 1.165) is 24.6 Å². The normalized spacial score (nSPS) is 16.8. The number of amides is 2. The quantitative estimate of drug-likeness (QED) is 0.144. The smallest absolute Gasteiger partial charge is 0.354 e. The predicted octanol–water partition coefficient (Wildman–Crippen LogP) is 4.16. The van der Waals surface area contributed by atoms with Crippen molar-refractivity contribution in [3.8, 4) is 11.3 Å². The van der Waals surface area contributed by atoms with E-state index >= 15 is 0 Å². The first-order chi connectivity index (χ1) is 21.4. The lowest BCUT2D eigenvalue weighted by atomic mass is 10.0. The molecule has 1 saturated carbocycles. The topological polar surface area (TPSA) is 144 Å². The maximum absolute atomic E-state index is 13.7. The van der Waals surface area contributed by atoms with E-state index in [2.05, 4.69) is 31.0 Å². The molecule has 1 fully saturated rings. The number of fused-ring (bicyclic) bond motifs is 1. The Balaban J connectivity index is 1.29. The Morgan fingerprint density at radius 3 is 2.60 bits per heavy atom. The predicted molar refractivity (Wildman–Crippen MR) is 155 cm³/mol. The average molecular weight is 634 g/mol. The van der Waals surface area contributed by atoms with Gasteiger partial charge in [0, 0.05) is 54.9 Å². The molecule has 0 spiro atoms. The van der Waals surface area contributed by atoms with Crippen LogP contribution in [0.3, 0.4) is 0 Å². The summed E-state index contributed by atoms with van der Waals surface area (Å²) in [4.78, 5) is 33.7. The molecule has 0 aliphatic heterocycles. The Bertz CT molecular complexity index is 1680. The first-order valence-corrected chi connectivity index (χ1v) is 14.4. The molecule has 1 aliphatic rings. The number of nitrogens with zero attached hydrogens (tertiary/aromatic N) is 5. The van der Waals surface area contributed by atoms with Gasteiger partial charge >= 0.3 is 6.18 Å². The number of hydrogen-bond donors (Lipinski definition) is 4. The number of carbonyl (C=O) groups is 2. The van der Waals surface area contributed by atoms with Crippen molar-refractivity contribution in [2.45, 2.75) is 57.8 Å². The zero-order chi connectivity index (χ0) is 32.3. The molecule has 240 valence electrons. The fourth-order valence-corrected chi connectivity index (χ4v) is 5.44. The van der Waals surface area contributed by atoms with Crippen molar-refractivity contribution < 1.29 is 31.5 Å². The van der Waals surface area contributed by atoms with Crippen molar-refractivity contribution in [2.24, 2.45) is 11.7 Å². The van der Waals surface area contributed by atoms with Gasteiger partial charge in [-0.25, -0.2) is 18.7 Å². The first kappa shape index (κ1) is 31.8. The summed E-state index contributed by atoms with van der Waals surface area (Å²) in [6, 6.07) is 5.10. The van der Waals surface area contributed by atoms with E-state index in [-0.39, 0.29) is 54.0 Å². The van der Waals surface area contributed by atoms with Crippen LogP contribution in [0.2, 0.25) is 0 Å². The lowest BCUT2D eigenvalue weighted by Crippen LogP contribution is -2.37. The van der Waals surface area contributed by atoms with E-state index in [1.54, 1.807) is 18.2 Å². The summed E-state index contributed by atoms with van der Waals surface area (Å²) in [5.74, 6) is -0.236. The third-order valence-electron chi connectivity index (χ3n) is 7.61. The highest BCUT2D eigenvalue weighted by atomic mass is 19.4. The van der Waals surface area contributed by atoms with E-state index in [9.17, 15) is 31.5 Å². The summed E-state index contributed by atoms with van der Waals surface area (Å²) in [5.41, 5.74) is 6.07. The fourth-order valence-electron chi connectivity index (χ4n) is 5.44. The van der Waals surface area contributed by atoms with Crippen LogP contribution in [0.25, 0.3) is 16.9 Å². The van der Waals surface area contributed by atoms with Crippen LogP contribution >= 0.6 is 0 Å². The van der Waals surface area contributed by atoms with Crippen LogP contribution < -0.4 is 21.7 Å². The average Bonchev–Trinajstić information content (AvgIpc) is 3.73. The van der Waals surface area contributed by atoms with E-state index in [1.165, 1.54) is 23.0 Å². The first-order valence-electron chi connectivity index (χ1n) is 14.4. The van der Waals surface area contributed by atoms with Crippen molar-refractivity contribution >= 4 is 29.0 Å². The Labute approximate surface area is 254 Å². The minimum absolute atomic E-state index is 0.00688. The van der Waals surface area contributed by atoms with E-state index in [1.807, 2.05) is 6.92 Å². The minimum atomic E-state index is -4.89. The summed E-state index contributed by atoms with van der Waals surface area (Å²) < 4.78 is 68.9. The fraction of sp³-hybridized carbons (Fsp3) is 0.414. The number of imidazole rings is 1. The van der Waals surface area contributed by atoms with Crippen LogP contribution in [0.15, 0.2) is 43.0 Å². The van der Waals surface area contributed by atoms with Crippen molar-refractivity contribution in [1.82, 2.24) is 34.8 Å². The number of aryl methyl sites for hydroxylation is 1. The second kappa shape index (κ2) is 13.2. The van der Waals surface area contributed by atoms with Gasteiger partial charge in [0.15, 0.2) is 17.2 Å². The number of carbonyl (C=O) groups excluding carboxylic acids is 2. The molecule has 1 aliphatic carbocycles. The Morgan fingerprint density at radius 1 is 1.13 bits per heavy atom. The van der Waals surface area contributed by atoms with Crippen LogP contribution in [-0.2, 0) is 23.9 Å². The number of nitrogens with one attached hydrogen (secondary N) is 3. The number of nitrogens with two attached hydrogens (primary N) is 1. The molecule has 0 saturated heterocycles. The van der Waals surface area contributed by atoms with Gasteiger partial charge in [0.2, 0.25) is 5.91 Å². The van der Waals surface area contributed by atoms with Crippen LogP contribution in [0.1, 0.15) is 47.8 Å². The third-order valence-corrected chi connectivity index (χ3v) is 7.61. The van der Waals surface area contributed by atoms with Gasteiger partial charge in [0.05, 0.1) is 17.5 Å². The van der Waals surface area contributed by atoms with Crippen molar-refractivity contribution in [2.75, 3.05) is 18.4 Å². The van der Waals surface area contributed by atoms with Crippen LogP contribution in [0.4, 0.5) is 33.5 Å². The molecule has 5 N–H and O–H groups in total. The maximum Gasteiger partial charge on any atom is 0.435 e.